The fourth-order valence-corrected chi connectivity index (χ4v) is 7.40. The number of methoxy groups -OCH3 is 1. The topological polar surface area (TPSA) is 113 Å². The minimum Gasteiger partial charge on any atom is -0.496 e. The molecule has 8 nitrogen and oxygen atoms in total. The van der Waals surface area contributed by atoms with Gasteiger partial charge in [0, 0.05) is 29.0 Å². The van der Waals surface area contributed by atoms with Gasteiger partial charge < -0.3 is 20.1 Å². The summed E-state index contributed by atoms with van der Waals surface area (Å²) in [6, 6.07) is 5.90. The van der Waals surface area contributed by atoms with Gasteiger partial charge in [-0.25, -0.2) is 0 Å². The van der Waals surface area contributed by atoms with E-state index >= 15 is 0 Å². The first-order valence-corrected chi connectivity index (χ1v) is 13.6. The maximum absolute atomic E-state index is 13.7. The molecular formula is C27H32N2O6S. The van der Waals surface area contributed by atoms with Crippen LogP contribution in [0.1, 0.15) is 54.6 Å². The molecule has 1 aromatic heterocycles. The molecule has 2 amide bonds. The first-order chi connectivity index (χ1) is 17.4. The van der Waals surface area contributed by atoms with Crippen molar-refractivity contribution in [3.05, 3.63) is 29.1 Å². The van der Waals surface area contributed by atoms with Crippen molar-refractivity contribution in [1.82, 2.24) is 10.2 Å². The van der Waals surface area contributed by atoms with Crippen LogP contribution in [0.2, 0.25) is 0 Å². The van der Waals surface area contributed by atoms with Crippen LogP contribution in [0, 0.1) is 17.8 Å². The standard InChI is InChI=1S/C27H32N2O6S/c1-35-22-9-4-10-23-18(22)12-24(36-23)27(34)29-13-16-6-2-7-17(16)25(29)26(33)28-19(21(32)14-30)11-15-5-3-8-20(15)31/h4,9-10,12,15-17,19,25,30H,2-3,5-8,11,13-14H2,1H3,(H,28,33)/t15-,16-,17-,19-,25-/m0/s1. The molecule has 1 saturated heterocycles. The predicted octanol–water partition coefficient (Wildman–Crippen LogP) is 2.96. The van der Waals surface area contributed by atoms with E-state index in [1.807, 2.05) is 24.3 Å². The molecule has 0 radical (unpaired) electrons. The van der Waals surface area contributed by atoms with Gasteiger partial charge in [0.25, 0.3) is 5.91 Å². The molecule has 0 unspecified atom stereocenters. The number of ketones is 2. The van der Waals surface area contributed by atoms with Crippen LogP contribution in [-0.2, 0) is 14.4 Å². The second-order valence-corrected chi connectivity index (χ2v) is 11.3. The van der Waals surface area contributed by atoms with Crippen molar-refractivity contribution in [3.8, 4) is 5.75 Å². The van der Waals surface area contributed by atoms with E-state index in [2.05, 4.69) is 5.32 Å². The van der Waals surface area contributed by atoms with E-state index in [4.69, 9.17) is 4.74 Å². The van der Waals surface area contributed by atoms with Gasteiger partial charge in [-0.1, -0.05) is 12.5 Å². The monoisotopic (exact) mass is 512 g/mol. The predicted molar refractivity (Wildman–Crippen MR) is 135 cm³/mol. The minimum absolute atomic E-state index is 0.0378. The van der Waals surface area contributed by atoms with Crippen molar-refractivity contribution in [2.45, 2.75) is 57.0 Å². The van der Waals surface area contributed by atoms with Crippen molar-refractivity contribution in [2.75, 3.05) is 20.3 Å². The Morgan fingerprint density at radius 3 is 2.78 bits per heavy atom. The summed E-state index contributed by atoms with van der Waals surface area (Å²) in [7, 11) is 1.60. The second-order valence-electron chi connectivity index (χ2n) is 10.2. The number of rotatable bonds is 8. The van der Waals surface area contributed by atoms with Crippen molar-refractivity contribution in [1.29, 1.82) is 0 Å². The van der Waals surface area contributed by atoms with E-state index in [-0.39, 0.29) is 41.8 Å². The largest absolute Gasteiger partial charge is 0.496 e. The number of hydrogen-bond donors (Lipinski definition) is 2. The van der Waals surface area contributed by atoms with Crippen LogP contribution >= 0.6 is 11.3 Å². The van der Waals surface area contributed by atoms with Crippen molar-refractivity contribution >= 4 is 44.8 Å². The van der Waals surface area contributed by atoms with Gasteiger partial charge in [0.1, 0.15) is 24.2 Å². The maximum atomic E-state index is 13.7. The van der Waals surface area contributed by atoms with E-state index in [0.29, 0.717) is 30.0 Å². The number of nitrogens with zero attached hydrogens (tertiary/aromatic N) is 1. The molecule has 2 heterocycles. The van der Waals surface area contributed by atoms with E-state index in [9.17, 15) is 24.3 Å². The average molecular weight is 513 g/mol. The molecule has 1 aromatic carbocycles. The fourth-order valence-electron chi connectivity index (χ4n) is 6.37. The van der Waals surface area contributed by atoms with Crippen molar-refractivity contribution in [2.24, 2.45) is 17.8 Å². The molecule has 3 fully saturated rings. The summed E-state index contributed by atoms with van der Waals surface area (Å²) < 4.78 is 6.38. The summed E-state index contributed by atoms with van der Waals surface area (Å²) in [6.07, 6.45) is 5.00. The number of aliphatic hydroxyl groups is 1. The lowest BCUT2D eigenvalue weighted by Crippen LogP contribution is -2.53. The Bertz CT molecular complexity index is 1190. The number of likely N-dealkylation sites (tertiary alicyclic amines) is 1. The molecule has 2 aliphatic carbocycles. The lowest BCUT2D eigenvalue weighted by Gasteiger charge is -2.29. The highest BCUT2D eigenvalue weighted by atomic mass is 32.1. The number of nitrogens with one attached hydrogen (secondary N) is 1. The molecule has 36 heavy (non-hydrogen) atoms. The van der Waals surface area contributed by atoms with Crippen LogP contribution in [0.5, 0.6) is 5.75 Å². The molecule has 3 aliphatic rings. The zero-order valence-electron chi connectivity index (χ0n) is 20.4. The van der Waals surface area contributed by atoms with Crippen molar-refractivity contribution in [3.63, 3.8) is 0 Å². The number of amides is 2. The van der Waals surface area contributed by atoms with Crippen LogP contribution in [-0.4, -0.2) is 65.7 Å². The second kappa shape index (κ2) is 10.3. The summed E-state index contributed by atoms with van der Waals surface area (Å²) in [4.78, 5) is 54.3. The summed E-state index contributed by atoms with van der Waals surface area (Å²) in [5, 5.41) is 13.2. The third kappa shape index (κ3) is 4.54. The van der Waals surface area contributed by atoms with Gasteiger partial charge in [0.15, 0.2) is 5.78 Å². The zero-order valence-corrected chi connectivity index (χ0v) is 21.2. The molecule has 5 rings (SSSR count). The zero-order chi connectivity index (χ0) is 25.4. The quantitative estimate of drug-likeness (QED) is 0.562. The van der Waals surface area contributed by atoms with Crippen LogP contribution in [0.3, 0.4) is 0 Å². The van der Waals surface area contributed by atoms with Crippen molar-refractivity contribution < 1.29 is 29.0 Å². The Morgan fingerprint density at radius 2 is 2.06 bits per heavy atom. The average Bonchev–Trinajstić information content (AvgIpc) is 3.66. The third-order valence-corrected chi connectivity index (χ3v) is 9.27. The maximum Gasteiger partial charge on any atom is 0.264 e. The molecular weight excluding hydrogens is 480 g/mol. The minimum atomic E-state index is -0.930. The van der Waals surface area contributed by atoms with Gasteiger partial charge in [0.2, 0.25) is 5.91 Å². The van der Waals surface area contributed by atoms with E-state index < -0.39 is 24.5 Å². The summed E-state index contributed by atoms with van der Waals surface area (Å²) >= 11 is 1.38. The van der Waals surface area contributed by atoms with E-state index in [1.54, 1.807) is 12.0 Å². The van der Waals surface area contributed by atoms with Crippen LogP contribution in [0.25, 0.3) is 10.1 Å². The van der Waals surface area contributed by atoms with Crippen LogP contribution in [0.15, 0.2) is 24.3 Å². The Labute approximate surface area is 214 Å². The highest BCUT2D eigenvalue weighted by Gasteiger charge is 2.50. The molecule has 0 spiro atoms. The molecule has 2 aromatic rings. The summed E-state index contributed by atoms with van der Waals surface area (Å²) in [6.45, 7) is -0.193. The highest BCUT2D eigenvalue weighted by Crippen LogP contribution is 2.44. The molecule has 2 N–H and O–H groups in total. The number of Topliss-reactive ketones (excluding diaryl/α,β-unsaturated/α-hetero) is 2. The SMILES string of the molecule is COc1cccc2sc(C(=O)N3C[C@@H]4CCC[C@@H]4[C@H]3C(=O)N[C@@H](C[C@@H]3CCCC3=O)C(=O)CO)cc12. The molecule has 9 heteroatoms. The number of benzene rings is 1. The number of carbonyl (C=O) groups excluding carboxylic acids is 4. The van der Waals surface area contributed by atoms with Gasteiger partial charge in [-0.3, -0.25) is 19.2 Å². The normalized spacial score (nSPS) is 26.3. The molecule has 1 aliphatic heterocycles. The van der Waals surface area contributed by atoms with Gasteiger partial charge >= 0.3 is 0 Å². The molecule has 2 saturated carbocycles. The molecule has 192 valence electrons. The van der Waals surface area contributed by atoms with Gasteiger partial charge in [-0.15, -0.1) is 11.3 Å². The first-order valence-electron chi connectivity index (χ1n) is 12.8. The first kappa shape index (κ1) is 24.9. The Kier molecular flexibility index (Phi) is 7.12. The Balaban J connectivity index is 1.39. The van der Waals surface area contributed by atoms with E-state index in [1.165, 1.54) is 11.3 Å². The van der Waals surface area contributed by atoms with E-state index in [0.717, 1.165) is 35.8 Å². The number of ether oxygens (including phenoxy) is 1. The van der Waals surface area contributed by atoms with Crippen LogP contribution in [0.4, 0.5) is 0 Å². The fraction of sp³-hybridized carbons (Fsp3) is 0.556. The lowest BCUT2D eigenvalue weighted by atomic mass is 9.91. The Hall–Kier alpha value is -2.78. The van der Waals surface area contributed by atoms with Gasteiger partial charge in [-0.2, -0.15) is 0 Å². The highest BCUT2D eigenvalue weighted by molar-refractivity contribution is 7.20. The molecule has 5 atom stereocenters. The summed E-state index contributed by atoms with van der Waals surface area (Å²) in [5.41, 5.74) is 0. The molecule has 0 bridgehead atoms. The number of carbonyl (C=O) groups is 4. The number of fused-ring (bicyclic) bond motifs is 2. The number of aliphatic hydroxyl groups excluding tert-OH is 1. The Morgan fingerprint density at radius 1 is 1.22 bits per heavy atom. The number of thiophene rings is 1. The third-order valence-electron chi connectivity index (χ3n) is 8.18. The lowest BCUT2D eigenvalue weighted by molar-refractivity contribution is -0.133. The smallest absolute Gasteiger partial charge is 0.264 e. The van der Waals surface area contributed by atoms with Crippen LogP contribution < -0.4 is 10.1 Å². The summed E-state index contributed by atoms with van der Waals surface area (Å²) in [5.74, 6) is -0.250. The van der Waals surface area contributed by atoms with Gasteiger partial charge in [-0.05, 0) is 62.1 Å². The number of hydrogen-bond acceptors (Lipinski definition) is 7. The van der Waals surface area contributed by atoms with Gasteiger partial charge in [0.05, 0.1) is 18.0 Å².